The highest BCUT2D eigenvalue weighted by Crippen LogP contribution is 2.23. The molecule has 15 heavy (non-hydrogen) atoms. The van der Waals surface area contributed by atoms with E-state index in [1.807, 2.05) is 0 Å². The molecule has 3 N–H and O–H groups in total. The van der Waals surface area contributed by atoms with E-state index >= 15 is 0 Å². The quantitative estimate of drug-likeness (QED) is 0.745. The fraction of sp³-hybridized carbons (Fsp3) is 0.222. The molecule has 0 aliphatic rings. The summed E-state index contributed by atoms with van der Waals surface area (Å²) in [7, 11) is -3.62. The van der Waals surface area contributed by atoms with Gasteiger partial charge in [-0.25, -0.2) is 8.42 Å². The van der Waals surface area contributed by atoms with Crippen molar-refractivity contribution in [1.82, 2.24) is 0 Å². The van der Waals surface area contributed by atoms with E-state index in [0.29, 0.717) is 11.4 Å². The third-order valence-electron chi connectivity index (χ3n) is 1.82. The molecule has 0 saturated heterocycles. The lowest BCUT2D eigenvalue weighted by Gasteiger charge is -2.10. The number of para-hydroxylation sites is 1. The number of anilines is 2. The number of aryl methyl sites for hydroxylation is 1. The topological polar surface area (TPSA) is 96.0 Å². The van der Waals surface area contributed by atoms with Crippen molar-refractivity contribution in [3.05, 3.63) is 23.8 Å². The molecule has 0 amide bonds. The normalized spacial score (nSPS) is 10.7. The number of benzene rings is 1. The van der Waals surface area contributed by atoms with E-state index in [1.54, 1.807) is 31.2 Å². The Labute approximate surface area is 88.6 Å². The van der Waals surface area contributed by atoms with Gasteiger partial charge in [0.2, 0.25) is 10.0 Å². The lowest BCUT2D eigenvalue weighted by atomic mass is 10.2. The first kappa shape index (κ1) is 11.3. The van der Waals surface area contributed by atoms with Crippen LogP contribution >= 0.6 is 0 Å². The fourth-order valence-electron chi connectivity index (χ4n) is 1.11. The van der Waals surface area contributed by atoms with Crippen molar-refractivity contribution in [2.45, 2.75) is 6.92 Å². The number of sulfonamides is 1. The van der Waals surface area contributed by atoms with Gasteiger partial charge in [0.05, 0.1) is 17.4 Å². The largest absolute Gasteiger partial charge is 0.397 e. The second-order valence-corrected chi connectivity index (χ2v) is 4.78. The summed E-state index contributed by atoms with van der Waals surface area (Å²) >= 11 is 0. The van der Waals surface area contributed by atoms with Crippen LogP contribution in [-0.2, 0) is 10.0 Å². The van der Waals surface area contributed by atoms with Gasteiger partial charge in [-0.3, -0.25) is 4.72 Å². The number of nitriles is 1. The van der Waals surface area contributed by atoms with E-state index in [2.05, 4.69) is 4.72 Å². The van der Waals surface area contributed by atoms with Crippen LogP contribution in [0, 0.1) is 18.3 Å². The first-order valence-corrected chi connectivity index (χ1v) is 5.84. The zero-order chi connectivity index (χ0) is 11.5. The molecular weight excluding hydrogens is 214 g/mol. The van der Waals surface area contributed by atoms with Crippen molar-refractivity contribution in [1.29, 1.82) is 5.26 Å². The first-order valence-electron chi connectivity index (χ1n) is 4.19. The second-order valence-electron chi connectivity index (χ2n) is 3.06. The van der Waals surface area contributed by atoms with Gasteiger partial charge >= 0.3 is 0 Å². The molecule has 80 valence electrons. The van der Waals surface area contributed by atoms with E-state index in [4.69, 9.17) is 11.0 Å². The average Bonchev–Trinajstić information content (AvgIpc) is 2.11. The Balaban J connectivity index is 3.06. The van der Waals surface area contributed by atoms with Gasteiger partial charge in [0.15, 0.2) is 5.75 Å². The van der Waals surface area contributed by atoms with Gasteiger partial charge in [-0.1, -0.05) is 12.1 Å². The number of hydrogen-bond donors (Lipinski definition) is 2. The van der Waals surface area contributed by atoms with Gasteiger partial charge in [0.25, 0.3) is 0 Å². The van der Waals surface area contributed by atoms with Crippen LogP contribution in [0.2, 0.25) is 0 Å². The van der Waals surface area contributed by atoms with Gasteiger partial charge in [-0.2, -0.15) is 5.26 Å². The van der Waals surface area contributed by atoms with Crippen LogP contribution in [0.25, 0.3) is 0 Å². The second kappa shape index (κ2) is 4.19. The molecule has 0 atom stereocenters. The minimum atomic E-state index is -3.62. The molecule has 0 fully saturated rings. The Morgan fingerprint density at radius 3 is 2.73 bits per heavy atom. The first-order chi connectivity index (χ1) is 6.96. The van der Waals surface area contributed by atoms with Crippen LogP contribution in [0.3, 0.4) is 0 Å². The molecular formula is C9H11N3O2S. The summed E-state index contributed by atoms with van der Waals surface area (Å²) in [5, 5.41) is 8.32. The maximum absolute atomic E-state index is 11.3. The van der Waals surface area contributed by atoms with E-state index < -0.39 is 15.8 Å². The minimum Gasteiger partial charge on any atom is -0.397 e. The number of nitrogens with one attached hydrogen (secondary N) is 1. The number of rotatable bonds is 3. The lowest BCUT2D eigenvalue weighted by molar-refractivity contribution is 0.604. The predicted molar refractivity (Wildman–Crippen MR) is 58.6 cm³/mol. The van der Waals surface area contributed by atoms with Gasteiger partial charge in [0.1, 0.15) is 0 Å². The fourth-order valence-corrected chi connectivity index (χ4v) is 1.94. The summed E-state index contributed by atoms with van der Waals surface area (Å²) in [4.78, 5) is 0. The molecule has 1 aromatic rings. The molecule has 0 heterocycles. The summed E-state index contributed by atoms with van der Waals surface area (Å²) in [6.45, 7) is 1.74. The van der Waals surface area contributed by atoms with Gasteiger partial charge in [-0.05, 0) is 18.6 Å². The maximum Gasteiger partial charge on any atom is 0.246 e. The minimum absolute atomic E-state index is 0.341. The molecule has 1 aromatic carbocycles. The van der Waals surface area contributed by atoms with Crippen LogP contribution in [0.15, 0.2) is 18.2 Å². The summed E-state index contributed by atoms with van der Waals surface area (Å²) in [5.41, 5.74) is 7.02. The van der Waals surface area contributed by atoms with Crippen molar-refractivity contribution in [3.8, 4) is 6.07 Å². The Bertz CT molecular complexity index is 482. The number of nitrogens with zero attached hydrogens (tertiary/aromatic N) is 1. The number of hydrogen-bond acceptors (Lipinski definition) is 4. The van der Waals surface area contributed by atoms with Crippen molar-refractivity contribution >= 4 is 21.4 Å². The summed E-state index contributed by atoms with van der Waals surface area (Å²) < 4.78 is 24.9. The SMILES string of the molecule is Cc1cccc(N)c1NS(=O)(=O)CC#N. The predicted octanol–water partition coefficient (Wildman–Crippen LogP) is 0.843. The zero-order valence-electron chi connectivity index (χ0n) is 8.19. The van der Waals surface area contributed by atoms with Crippen LogP contribution in [0.5, 0.6) is 0 Å². The van der Waals surface area contributed by atoms with E-state index in [0.717, 1.165) is 5.56 Å². The molecule has 0 aliphatic carbocycles. The van der Waals surface area contributed by atoms with E-state index in [-0.39, 0.29) is 0 Å². The van der Waals surface area contributed by atoms with E-state index in [9.17, 15) is 8.42 Å². The van der Waals surface area contributed by atoms with Gasteiger partial charge in [0, 0.05) is 0 Å². The average molecular weight is 225 g/mol. The third-order valence-corrected chi connectivity index (χ3v) is 2.84. The Morgan fingerprint density at radius 2 is 2.20 bits per heavy atom. The molecule has 6 heteroatoms. The molecule has 1 rings (SSSR count). The molecule has 0 aliphatic heterocycles. The maximum atomic E-state index is 11.3. The third kappa shape index (κ3) is 2.86. The van der Waals surface area contributed by atoms with Crippen LogP contribution in [0.1, 0.15) is 5.56 Å². The Hall–Kier alpha value is -1.74. The highest BCUT2D eigenvalue weighted by molar-refractivity contribution is 7.92. The molecule has 0 saturated carbocycles. The number of nitrogen functional groups attached to an aromatic ring is 1. The highest BCUT2D eigenvalue weighted by Gasteiger charge is 2.12. The van der Waals surface area contributed by atoms with Gasteiger partial charge in [-0.15, -0.1) is 0 Å². The van der Waals surface area contributed by atoms with Crippen molar-refractivity contribution in [2.24, 2.45) is 0 Å². The molecule has 0 bridgehead atoms. The highest BCUT2D eigenvalue weighted by atomic mass is 32.2. The Morgan fingerprint density at radius 1 is 1.53 bits per heavy atom. The number of nitrogens with two attached hydrogens (primary N) is 1. The molecule has 0 aromatic heterocycles. The van der Waals surface area contributed by atoms with Crippen LogP contribution in [0.4, 0.5) is 11.4 Å². The van der Waals surface area contributed by atoms with Crippen LogP contribution < -0.4 is 10.5 Å². The monoisotopic (exact) mass is 225 g/mol. The standard InChI is InChI=1S/C9H11N3O2S/c1-7-3-2-4-8(11)9(7)12-15(13,14)6-5-10/h2-4,12H,6,11H2,1H3. The summed E-state index contributed by atoms with van der Waals surface area (Å²) in [6.07, 6.45) is 0. The van der Waals surface area contributed by atoms with Crippen LogP contribution in [-0.4, -0.2) is 14.2 Å². The molecule has 0 spiro atoms. The summed E-state index contributed by atoms with van der Waals surface area (Å²) in [5.74, 6) is -0.583. The van der Waals surface area contributed by atoms with Crippen molar-refractivity contribution in [3.63, 3.8) is 0 Å². The van der Waals surface area contributed by atoms with Crippen molar-refractivity contribution < 1.29 is 8.42 Å². The smallest absolute Gasteiger partial charge is 0.246 e. The van der Waals surface area contributed by atoms with Gasteiger partial charge < -0.3 is 5.73 Å². The lowest BCUT2D eigenvalue weighted by Crippen LogP contribution is -2.17. The molecule has 0 unspecified atom stereocenters. The molecule has 0 radical (unpaired) electrons. The summed E-state index contributed by atoms with van der Waals surface area (Å²) in [6, 6.07) is 6.64. The zero-order valence-corrected chi connectivity index (χ0v) is 9.00. The Kier molecular flexibility index (Phi) is 3.17. The van der Waals surface area contributed by atoms with E-state index in [1.165, 1.54) is 0 Å². The van der Waals surface area contributed by atoms with Crippen molar-refractivity contribution in [2.75, 3.05) is 16.2 Å². The molecule has 5 nitrogen and oxygen atoms in total.